The molecule has 0 saturated carbocycles. The lowest BCUT2D eigenvalue weighted by Crippen LogP contribution is -2.17. The Hall–Kier alpha value is -2.01. The summed E-state index contributed by atoms with van der Waals surface area (Å²) in [7, 11) is 0. The van der Waals surface area contributed by atoms with E-state index in [0.717, 1.165) is 5.56 Å². The molecule has 0 radical (unpaired) electrons. The van der Waals surface area contributed by atoms with E-state index in [-0.39, 0.29) is 11.4 Å². The van der Waals surface area contributed by atoms with Crippen LogP contribution in [-0.4, -0.2) is 9.38 Å². The lowest BCUT2D eigenvalue weighted by atomic mass is 10.1. The first-order valence-electron chi connectivity index (χ1n) is 5.42. The summed E-state index contributed by atoms with van der Waals surface area (Å²) in [5.74, 6) is -0.276. The predicted octanol–water partition coefficient (Wildman–Crippen LogP) is 2.49. The largest absolute Gasteiger partial charge is 0.269 e. The summed E-state index contributed by atoms with van der Waals surface area (Å²) in [5, 5.41) is 1.82. The lowest BCUT2D eigenvalue weighted by Gasteiger charge is -2.01. The highest BCUT2D eigenvalue weighted by Crippen LogP contribution is 2.10. The molecule has 0 saturated heterocycles. The second-order valence-corrected chi connectivity index (χ2v) is 4.82. The third kappa shape index (κ3) is 1.93. The number of benzene rings is 1. The zero-order chi connectivity index (χ0) is 12.5. The Kier molecular flexibility index (Phi) is 2.68. The first-order valence-corrected chi connectivity index (χ1v) is 6.30. The molecule has 0 aliphatic carbocycles. The maximum Gasteiger partial charge on any atom is 0.262 e. The summed E-state index contributed by atoms with van der Waals surface area (Å²) in [6.45, 7) is 0. The van der Waals surface area contributed by atoms with Crippen LogP contribution in [-0.2, 0) is 6.42 Å². The summed E-state index contributed by atoms with van der Waals surface area (Å²) in [6.07, 6.45) is 3.77. The number of rotatable bonds is 2. The molecule has 18 heavy (non-hydrogen) atoms. The molecule has 0 atom stereocenters. The molecule has 0 spiro atoms. The van der Waals surface area contributed by atoms with Gasteiger partial charge in [-0.15, -0.1) is 11.3 Å². The molecule has 0 bridgehead atoms. The monoisotopic (exact) mass is 260 g/mol. The molecule has 0 amide bonds. The molecule has 0 unspecified atom stereocenters. The summed E-state index contributed by atoms with van der Waals surface area (Å²) < 4.78 is 14.3. The average molecular weight is 260 g/mol. The van der Waals surface area contributed by atoms with Crippen LogP contribution in [0.2, 0.25) is 0 Å². The smallest absolute Gasteiger partial charge is 0.262 e. The van der Waals surface area contributed by atoms with E-state index < -0.39 is 0 Å². The topological polar surface area (TPSA) is 34.4 Å². The molecular formula is C13H9FN2OS. The Morgan fingerprint density at radius 2 is 2.06 bits per heavy atom. The first kappa shape index (κ1) is 11.1. The van der Waals surface area contributed by atoms with Crippen molar-refractivity contribution in [2.45, 2.75) is 6.42 Å². The SMILES string of the molecule is O=c1c(Cc2ccc(F)cc2)cnc2sccn12. The van der Waals surface area contributed by atoms with Crippen LogP contribution in [0.3, 0.4) is 0 Å². The van der Waals surface area contributed by atoms with E-state index >= 15 is 0 Å². The van der Waals surface area contributed by atoms with Gasteiger partial charge < -0.3 is 0 Å². The second kappa shape index (κ2) is 4.34. The van der Waals surface area contributed by atoms with Crippen molar-refractivity contribution in [2.75, 3.05) is 0 Å². The van der Waals surface area contributed by atoms with Gasteiger partial charge in [0.05, 0.1) is 0 Å². The molecular weight excluding hydrogens is 251 g/mol. The third-order valence-electron chi connectivity index (χ3n) is 2.72. The lowest BCUT2D eigenvalue weighted by molar-refractivity contribution is 0.627. The van der Waals surface area contributed by atoms with Gasteiger partial charge >= 0.3 is 0 Å². The normalized spacial score (nSPS) is 10.9. The highest BCUT2D eigenvalue weighted by atomic mass is 32.1. The van der Waals surface area contributed by atoms with Gasteiger partial charge in [-0.1, -0.05) is 12.1 Å². The van der Waals surface area contributed by atoms with Crippen LogP contribution in [0.1, 0.15) is 11.1 Å². The van der Waals surface area contributed by atoms with Gasteiger partial charge in [0.1, 0.15) is 5.82 Å². The molecule has 0 N–H and O–H groups in total. The van der Waals surface area contributed by atoms with Crippen molar-refractivity contribution in [3.63, 3.8) is 0 Å². The van der Waals surface area contributed by atoms with Crippen LogP contribution in [0, 0.1) is 5.82 Å². The average Bonchev–Trinajstić information content (AvgIpc) is 2.84. The molecule has 0 fully saturated rings. The number of aromatic nitrogens is 2. The molecule has 3 aromatic rings. The Labute approximate surface area is 106 Å². The minimum absolute atomic E-state index is 0.0643. The molecule has 2 aromatic heterocycles. The van der Waals surface area contributed by atoms with E-state index in [1.54, 1.807) is 24.5 Å². The molecule has 1 aromatic carbocycles. The van der Waals surface area contributed by atoms with Crippen LogP contribution in [0.15, 0.2) is 46.8 Å². The van der Waals surface area contributed by atoms with Crippen LogP contribution in [0.5, 0.6) is 0 Å². The summed E-state index contributed by atoms with van der Waals surface area (Å²) in [5.41, 5.74) is 1.44. The van der Waals surface area contributed by atoms with Gasteiger partial charge in [-0.05, 0) is 17.7 Å². The van der Waals surface area contributed by atoms with Crippen molar-refractivity contribution in [3.05, 3.63) is 69.3 Å². The van der Waals surface area contributed by atoms with Crippen molar-refractivity contribution < 1.29 is 4.39 Å². The molecule has 5 heteroatoms. The number of hydrogen-bond donors (Lipinski definition) is 0. The van der Waals surface area contributed by atoms with Gasteiger partial charge in [-0.3, -0.25) is 9.20 Å². The van der Waals surface area contributed by atoms with E-state index in [4.69, 9.17) is 0 Å². The molecule has 0 aliphatic heterocycles. The second-order valence-electron chi connectivity index (χ2n) is 3.95. The first-order chi connectivity index (χ1) is 8.74. The Morgan fingerprint density at radius 1 is 1.28 bits per heavy atom. The minimum atomic E-state index is -0.276. The van der Waals surface area contributed by atoms with E-state index in [2.05, 4.69) is 4.98 Å². The fourth-order valence-corrected chi connectivity index (χ4v) is 2.48. The number of halogens is 1. The van der Waals surface area contributed by atoms with Gasteiger partial charge in [-0.2, -0.15) is 0 Å². The number of nitrogens with zero attached hydrogens (tertiary/aromatic N) is 2. The summed E-state index contributed by atoms with van der Waals surface area (Å²) in [4.78, 5) is 17.0. The highest BCUT2D eigenvalue weighted by molar-refractivity contribution is 7.15. The van der Waals surface area contributed by atoms with Crippen molar-refractivity contribution in [1.29, 1.82) is 0 Å². The molecule has 3 rings (SSSR count). The molecule has 90 valence electrons. The maximum atomic E-state index is 12.8. The Bertz CT molecular complexity index is 746. The van der Waals surface area contributed by atoms with Gasteiger partial charge in [0.25, 0.3) is 5.56 Å². The summed E-state index contributed by atoms with van der Waals surface area (Å²) >= 11 is 1.42. The van der Waals surface area contributed by atoms with Crippen LogP contribution in [0.25, 0.3) is 4.96 Å². The minimum Gasteiger partial charge on any atom is -0.269 e. The van der Waals surface area contributed by atoms with Crippen molar-refractivity contribution in [2.24, 2.45) is 0 Å². The van der Waals surface area contributed by atoms with Crippen LogP contribution >= 0.6 is 11.3 Å². The quantitative estimate of drug-likeness (QED) is 0.709. The Balaban J connectivity index is 2.02. The zero-order valence-corrected chi connectivity index (χ0v) is 10.2. The zero-order valence-electron chi connectivity index (χ0n) is 9.34. The molecule has 0 aliphatic rings. The van der Waals surface area contributed by atoms with E-state index in [1.165, 1.54) is 27.9 Å². The predicted molar refractivity (Wildman–Crippen MR) is 68.5 cm³/mol. The Morgan fingerprint density at radius 3 is 2.83 bits per heavy atom. The number of thiazole rings is 1. The fraction of sp³-hybridized carbons (Fsp3) is 0.0769. The van der Waals surface area contributed by atoms with Gasteiger partial charge in [-0.25, -0.2) is 9.37 Å². The van der Waals surface area contributed by atoms with Gasteiger partial charge in [0, 0.05) is 29.8 Å². The van der Waals surface area contributed by atoms with Crippen LogP contribution in [0.4, 0.5) is 4.39 Å². The number of fused-ring (bicyclic) bond motifs is 1. The highest BCUT2D eigenvalue weighted by Gasteiger charge is 2.06. The van der Waals surface area contributed by atoms with Crippen molar-refractivity contribution in [3.8, 4) is 0 Å². The van der Waals surface area contributed by atoms with Crippen LogP contribution < -0.4 is 5.56 Å². The van der Waals surface area contributed by atoms with Gasteiger partial charge in [0.15, 0.2) is 4.96 Å². The standard InChI is InChI=1S/C13H9FN2OS/c14-11-3-1-9(2-4-11)7-10-8-15-13-16(12(10)17)5-6-18-13/h1-6,8H,7H2. The van der Waals surface area contributed by atoms with E-state index in [0.29, 0.717) is 16.9 Å². The summed E-state index contributed by atoms with van der Waals surface area (Å²) in [6, 6.07) is 6.14. The maximum absolute atomic E-state index is 12.8. The van der Waals surface area contributed by atoms with Gasteiger partial charge in [0.2, 0.25) is 0 Å². The molecule has 2 heterocycles. The van der Waals surface area contributed by atoms with E-state index in [1.807, 2.05) is 5.38 Å². The van der Waals surface area contributed by atoms with Crippen molar-refractivity contribution >= 4 is 16.3 Å². The molecule has 3 nitrogen and oxygen atoms in total. The van der Waals surface area contributed by atoms with E-state index in [9.17, 15) is 9.18 Å². The fourth-order valence-electron chi connectivity index (χ4n) is 1.81. The third-order valence-corrected chi connectivity index (χ3v) is 3.49. The van der Waals surface area contributed by atoms with Crippen molar-refractivity contribution in [1.82, 2.24) is 9.38 Å². The number of hydrogen-bond acceptors (Lipinski definition) is 3.